The number of hydrogen-bond donors (Lipinski definition) is 1. The Kier molecular flexibility index (Phi) is 5.36. The van der Waals surface area contributed by atoms with Gasteiger partial charge in [-0.15, -0.1) is 0 Å². The van der Waals surface area contributed by atoms with Crippen LogP contribution in [-0.4, -0.2) is 19.8 Å². The summed E-state index contributed by atoms with van der Waals surface area (Å²) < 4.78 is 55.5. The summed E-state index contributed by atoms with van der Waals surface area (Å²) >= 11 is 0. The van der Waals surface area contributed by atoms with Gasteiger partial charge in [-0.3, -0.25) is 0 Å². The van der Waals surface area contributed by atoms with E-state index in [9.17, 15) is 21.6 Å². The zero-order valence-electron chi connectivity index (χ0n) is 7.30. The van der Waals surface area contributed by atoms with Gasteiger partial charge in [-0.1, -0.05) is 6.42 Å². The molecule has 0 rings (SSSR count). The smallest absolute Gasteiger partial charge is 0.232 e. The number of unbranched alkanes of at least 4 members (excludes halogenated alkanes) is 1. The fourth-order valence-corrected chi connectivity index (χ4v) is 1.26. The van der Waals surface area contributed by atoms with Crippen molar-refractivity contribution in [2.75, 3.05) is 0 Å². The van der Waals surface area contributed by atoms with Crippen molar-refractivity contribution in [1.29, 1.82) is 0 Å². The summed E-state index contributed by atoms with van der Waals surface area (Å²) in [5, 5.41) is -0.511. The molecule has 0 N–H and O–H groups in total. The van der Waals surface area contributed by atoms with Crippen LogP contribution in [-0.2, 0) is 10.7 Å². The molecule has 0 aliphatic carbocycles. The maximum absolute atomic E-state index is 11.6. The van der Waals surface area contributed by atoms with E-state index >= 15 is 0 Å². The maximum Gasteiger partial charge on any atom is 0.389 e. The van der Waals surface area contributed by atoms with Gasteiger partial charge in [0.25, 0.3) is 0 Å². The van der Waals surface area contributed by atoms with Crippen molar-refractivity contribution >= 4 is 10.7 Å². The van der Waals surface area contributed by atoms with Crippen LogP contribution in [0, 0.1) is 0 Å². The second-order valence-corrected chi connectivity index (χ2v) is 4.45. The normalized spacial score (nSPS) is 14.8. The predicted octanol–water partition coefficient (Wildman–Crippen LogP) is 2.11. The van der Waals surface area contributed by atoms with E-state index in [4.69, 9.17) is 0 Å². The minimum atomic E-state index is -4.12. The molecular weight excluding hydrogens is 205 g/mol. The van der Waals surface area contributed by atoms with E-state index in [0.717, 1.165) is 0 Å². The molecule has 0 spiro atoms. The van der Waals surface area contributed by atoms with E-state index in [2.05, 4.69) is 0 Å². The minimum absolute atomic E-state index is 0.0109. The highest BCUT2D eigenvalue weighted by Crippen LogP contribution is 2.22. The molecule has 0 aromatic rings. The lowest BCUT2D eigenvalue weighted by molar-refractivity contribution is -0.135. The molecule has 13 heavy (non-hydrogen) atoms. The largest absolute Gasteiger partial charge is 0.389 e. The highest BCUT2D eigenvalue weighted by atomic mass is 32.2. The quantitative estimate of drug-likeness (QED) is 0.566. The Morgan fingerprint density at radius 3 is 2.15 bits per heavy atom. The fraction of sp³-hybridized carbons (Fsp3) is 1.00. The Morgan fingerprint density at radius 1 is 1.23 bits per heavy atom. The summed E-state index contributed by atoms with van der Waals surface area (Å²) in [4.78, 5) is 0. The van der Waals surface area contributed by atoms with Crippen LogP contribution < -0.4 is 0 Å². The van der Waals surface area contributed by atoms with E-state index < -0.39 is 28.6 Å². The summed E-state index contributed by atoms with van der Waals surface area (Å²) in [6.45, 7) is 1.50. The van der Waals surface area contributed by atoms with Crippen molar-refractivity contribution in [2.24, 2.45) is 0 Å². The molecule has 0 aliphatic rings. The first-order chi connectivity index (χ1) is 5.83. The topological polar surface area (TPSA) is 34.1 Å². The minimum Gasteiger partial charge on any atom is -0.232 e. The van der Waals surface area contributed by atoms with Crippen LogP contribution in [0.25, 0.3) is 0 Å². The van der Waals surface area contributed by atoms with Crippen LogP contribution in [0.2, 0.25) is 0 Å². The average molecular weight is 218 g/mol. The molecule has 0 aliphatic heterocycles. The third-order valence-corrected chi connectivity index (χ3v) is 2.67. The summed E-state index contributed by atoms with van der Waals surface area (Å²) in [7, 11) is -2.49. The van der Waals surface area contributed by atoms with E-state index in [1.165, 1.54) is 6.92 Å². The van der Waals surface area contributed by atoms with Gasteiger partial charge in [0.05, 0.1) is 5.25 Å². The van der Waals surface area contributed by atoms with Crippen molar-refractivity contribution in [3.63, 3.8) is 0 Å². The van der Waals surface area contributed by atoms with Crippen LogP contribution in [0.1, 0.15) is 32.6 Å². The summed E-state index contributed by atoms with van der Waals surface area (Å²) in [6.07, 6.45) is -4.31. The molecular formula is C7H13F3O2S. The second kappa shape index (κ2) is 5.47. The summed E-state index contributed by atoms with van der Waals surface area (Å²) in [5.74, 6) is 0. The zero-order valence-corrected chi connectivity index (χ0v) is 8.20. The number of halogens is 3. The van der Waals surface area contributed by atoms with Crippen LogP contribution >= 0.6 is 0 Å². The Bertz CT molecular complexity index is 202. The molecule has 1 atom stereocenters. The van der Waals surface area contributed by atoms with E-state index in [0.29, 0.717) is 12.8 Å². The van der Waals surface area contributed by atoms with Gasteiger partial charge < -0.3 is 0 Å². The first-order valence-electron chi connectivity index (χ1n) is 4.03. The van der Waals surface area contributed by atoms with Crippen molar-refractivity contribution in [3.8, 4) is 0 Å². The van der Waals surface area contributed by atoms with Crippen LogP contribution in [0.15, 0.2) is 0 Å². The number of hydrogen-bond acceptors (Lipinski definition) is 2. The molecule has 2 nitrogen and oxygen atoms in total. The zero-order chi connectivity index (χ0) is 10.5. The molecule has 0 saturated heterocycles. The van der Waals surface area contributed by atoms with Crippen molar-refractivity contribution in [2.45, 2.75) is 44.0 Å². The van der Waals surface area contributed by atoms with Crippen molar-refractivity contribution < 1.29 is 21.6 Å². The molecule has 80 valence electrons. The van der Waals surface area contributed by atoms with Crippen molar-refractivity contribution in [3.05, 3.63) is 0 Å². The van der Waals surface area contributed by atoms with Gasteiger partial charge in [0.15, 0.2) is 0 Å². The SMILES string of the molecule is CC(CCCCC(F)(F)F)[SH](=O)=O. The Hall–Kier alpha value is -0.260. The van der Waals surface area contributed by atoms with Crippen LogP contribution in [0.3, 0.4) is 0 Å². The molecule has 0 amide bonds. The van der Waals surface area contributed by atoms with Gasteiger partial charge in [0.1, 0.15) is 10.7 Å². The molecule has 1 unspecified atom stereocenters. The summed E-state index contributed by atoms with van der Waals surface area (Å²) in [5.41, 5.74) is 0. The van der Waals surface area contributed by atoms with Gasteiger partial charge in [0, 0.05) is 6.42 Å². The van der Waals surface area contributed by atoms with Crippen molar-refractivity contribution in [1.82, 2.24) is 0 Å². The third kappa shape index (κ3) is 8.08. The Labute approximate surface area is 77.1 Å². The number of thiol groups is 1. The van der Waals surface area contributed by atoms with Gasteiger partial charge in [-0.25, -0.2) is 8.42 Å². The number of alkyl halides is 3. The number of rotatable bonds is 5. The molecule has 6 heteroatoms. The third-order valence-electron chi connectivity index (χ3n) is 1.69. The lowest BCUT2D eigenvalue weighted by Crippen LogP contribution is -2.08. The fourth-order valence-electron chi connectivity index (χ4n) is 0.871. The first kappa shape index (κ1) is 12.7. The van der Waals surface area contributed by atoms with Crippen LogP contribution in [0.5, 0.6) is 0 Å². The van der Waals surface area contributed by atoms with Crippen LogP contribution in [0.4, 0.5) is 13.2 Å². The maximum atomic E-state index is 11.6. The molecule has 0 fully saturated rings. The average Bonchev–Trinajstić information content (AvgIpc) is 1.95. The van der Waals surface area contributed by atoms with Gasteiger partial charge >= 0.3 is 6.18 Å². The lowest BCUT2D eigenvalue weighted by atomic mass is 10.1. The molecule has 0 bridgehead atoms. The van der Waals surface area contributed by atoms with Gasteiger partial charge in [-0.05, 0) is 19.8 Å². The highest BCUT2D eigenvalue weighted by Gasteiger charge is 2.25. The molecule has 0 aromatic carbocycles. The highest BCUT2D eigenvalue weighted by molar-refractivity contribution is 7.73. The lowest BCUT2D eigenvalue weighted by Gasteiger charge is -2.06. The standard InChI is InChI=1S/C7H13F3O2S/c1-6(13(11)12)4-2-3-5-7(8,9)10/h6,13H,2-5H2,1H3. The predicted molar refractivity (Wildman–Crippen MR) is 44.3 cm³/mol. The Morgan fingerprint density at radius 2 is 1.77 bits per heavy atom. The van der Waals surface area contributed by atoms with Gasteiger partial charge in [0.2, 0.25) is 0 Å². The molecule has 0 radical (unpaired) electrons. The molecule has 0 heterocycles. The van der Waals surface area contributed by atoms with E-state index in [1.807, 2.05) is 0 Å². The molecule has 0 aromatic heterocycles. The Balaban J connectivity index is 3.47. The summed E-state index contributed by atoms with van der Waals surface area (Å²) in [6, 6.07) is 0. The second-order valence-electron chi connectivity index (χ2n) is 3.00. The van der Waals surface area contributed by atoms with E-state index in [1.54, 1.807) is 0 Å². The molecule has 0 saturated carbocycles. The van der Waals surface area contributed by atoms with E-state index in [-0.39, 0.29) is 6.42 Å². The monoisotopic (exact) mass is 218 g/mol. The first-order valence-corrected chi connectivity index (χ1v) is 5.28. The van der Waals surface area contributed by atoms with Gasteiger partial charge in [-0.2, -0.15) is 13.2 Å².